The fraction of sp³-hybridized carbons (Fsp3) is 0.510. The monoisotopic (exact) mass is 939 g/mol. The molecular weight excluding hydrogens is 875 g/mol. The van der Waals surface area contributed by atoms with Gasteiger partial charge in [-0.1, -0.05) is 103 Å². The van der Waals surface area contributed by atoms with Crippen molar-refractivity contribution in [2.75, 3.05) is 18.5 Å². The first kappa shape index (κ1) is 48.7. The van der Waals surface area contributed by atoms with E-state index in [2.05, 4.69) is 79.6 Å². The molecule has 0 bridgehead atoms. The van der Waals surface area contributed by atoms with Gasteiger partial charge in [0.2, 0.25) is 11.8 Å². The third-order valence-electron chi connectivity index (χ3n) is 13.6. The third kappa shape index (κ3) is 9.77. The van der Waals surface area contributed by atoms with Gasteiger partial charge in [0.25, 0.3) is 0 Å². The van der Waals surface area contributed by atoms with Gasteiger partial charge in [0.15, 0.2) is 46.1 Å². The summed E-state index contributed by atoms with van der Waals surface area (Å²) in [5.74, 6) is -1.66. The van der Waals surface area contributed by atoms with E-state index in [1.165, 1.54) is 20.8 Å². The van der Waals surface area contributed by atoms with Crippen molar-refractivity contribution >= 4 is 73.2 Å². The van der Waals surface area contributed by atoms with Crippen molar-refractivity contribution in [3.8, 4) is 5.88 Å². The smallest absolute Gasteiger partial charge is 0.303 e. The number of aromatic nitrogens is 4. The summed E-state index contributed by atoms with van der Waals surface area (Å²) in [7, 11) is -4.43. The van der Waals surface area contributed by atoms with Crippen LogP contribution in [0.15, 0.2) is 67.5 Å². The molecule has 5 aromatic rings. The van der Waals surface area contributed by atoms with Gasteiger partial charge in [0.05, 0.1) is 25.1 Å². The Kier molecular flexibility index (Phi) is 13.6. The lowest BCUT2D eigenvalue weighted by Gasteiger charge is -2.42. The molecule has 2 aliphatic rings. The van der Waals surface area contributed by atoms with Crippen LogP contribution in [-0.2, 0) is 42.2 Å². The quantitative estimate of drug-likeness (QED) is 0.0367. The third-order valence-corrected chi connectivity index (χ3v) is 22.6. The number of esters is 3. The number of nitrogens with zero attached hydrogens (tertiary/aromatic N) is 4. The second-order valence-corrected chi connectivity index (χ2v) is 29.9. The molecule has 0 saturated carbocycles. The Bertz CT molecular complexity index is 2650. The molecule has 66 heavy (non-hydrogen) atoms. The summed E-state index contributed by atoms with van der Waals surface area (Å²) >= 11 is 0. The summed E-state index contributed by atoms with van der Waals surface area (Å²) in [5.41, 5.74) is 1.99. The molecule has 7 atom stereocenters. The Hall–Kier alpha value is -5.21. The zero-order valence-electron chi connectivity index (χ0n) is 40.5. The van der Waals surface area contributed by atoms with E-state index in [9.17, 15) is 14.4 Å². The minimum Gasteiger partial charge on any atom is -0.472 e. The topological polar surface area (TPSA) is 171 Å². The Morgan fingerprint density at radius 2 is 1.48 bits per heavy atom. The number of imidazole rings is 1. The lowest BCUT2D eigenvalue weighted by atomic mass is 9.77. The number of fused-ring (bicyclic) bond motifs is 6. The van der Waals surface area contributed by atoms with Crippen molar-refractivity contribution in [3.63, 3.8) is 0 Å². The molecule has 1 aliphatic heterocycles. The first-order chi connectivity index (χ1) is 30.9. The van der Waals surface area contributed by atoms with Gasteiger partial charge >= 0.3 is 17.9 Å². The normalized spacial score (nSPS) is 22.5. The van der Waals surface area contributed by atoms with E-state index in [1.54, 1.807) is 12.4 Å². The predicted molar refractivity (Wildman–Crippen MR) is 258 cm³/mol. The molecule has 1 aliphatic carbocycles. The minimum absolute atomic E-state index is 0.00419. The molecule has 0 amide bonds. The van der Waals surface area contributed by atoms with Crippen molar-refractivity contribution in [1.29, 1.82) is 0 Å². The Balaban J connectivity index is 1.39. The van der Waals surface area contributed by atoms with Gasteiger partial charge in [-0.05, 0) is 63.4 Å². The van der Waals surface area contributed by atoms with Crippen LogP contribution in [0.25, 0.3) is 32.7 Å². The van der Waals surface area contributed by atoms with Gasteiger partial charge in [-0.25, -0.2) is 4.98 Å². The second kappa shape index (κ2) is 18.5. The SMILES string of the molecule is C=CCOc1nc(N[C@H]2c3c(ccc4ccc5ccccc5c34)[C@H](OC(C)=O)[C@@H](OC(C)=O)[C@@H]2OC(C)=O)nc2c1ncn2[C@H]1C[C@H](O[Si](C)(C)C(C)(C)C)[C@@H](CO[Si](C)(C)C(C)(C)C)O1. The molecule has 3 heterocycles. The van der Waals surface area contributed by atoms with Crippen LogP contribution in [0.3, 0.4) is 0 Å². The average Bonchev–Trinajstić information content (AvgIpc) is 3.83. The van der Waals surface area contributed by atoms with Gasteiger partial charge in [0.1, 0.15) is 18.9 Å². The molecule has 7 rings (SSSR count). The lowest BCUT2D eigenvalue weighted by molar-refractivity contribution is -0.187. The fourth-order valence-corrected chi connectivity index (χ4v) is 10.7. The highest BCUT2D eigenvalue weighted by Crippen LogP contribution is 2.49. The van der Waals surface area contributed by atoms with Gasteiger partial charge in [0, 0.05) is 32.8 Å². The number of benzene rings is 3. The van der Waals surface area contributed by atoms with Crippen LogP contribution >= 0.6 is 0 Å². The highest BCUT2D eigenvalue weighted by atomic mass is 28.4. The number of carbonyl (C=O) groups is 3. The van der Waals surface area contributed by atoms with Crippen LogP contribution in [0, 0.1) is 0 Å². The molecule has 1 N–H and O–H groups in total. The average molecular weight is 940 g/mol. The second-order valence-electron chi connectivity index (χ2n) is 20.4. The summed E-state index contributed by atoms with van der Waals surface area (Å²) in [6.07, 6.45) is -1.07. The van der Waals surface area contributed by atoms with E-state index >= 15 is 0 Å². The van der Waals surface area contributed by atoms with Crippen molar-refractivity contribution in [3.05, 3.63) is 78.6 Å². The molecule has 2 aromatic heterocycles. The number of hydrogen-bond acceptors (Lipinski definition) is 14. The van der Waals surface area contributed by atoms with Crippen LogP contribution in [0.2, 0.25) is 36.3 Å². The zero-order chi connectivity index (χ0) is 48.1. The Labute approximate surface area is 389 Å². The minimum atomic E-state index is -2.27. The summed E-state index contributed by atoms with van der Waals surface area (Å²) in [4.78, 5) is 53.5. The molecular formula is C49H65N5O10Si2. The molecule has 1 saturated heterocycles. The highest BCUT2D eigenvalue weighted by molar-refractivity contribution is 6.74. The maximum absolute atomic E-state index is 13.1. The first-order valence-corrected chi connectivity index (χ1v) is 28.4. The molecule has 3 aromatic carbocycles. The number of ether oxygens (including phenoxy) is 5. The van der Waals surface area contributed by atoms with Crippen molar-refractivity contribution in [1.82, 2.24) is 19.5 Å². The molecule has 17 heteroatoms. The summed E-state index contributed by atoms with van der Waals surface area (Å²) in [5, 5.41) is 6.99. The van der Waals surface area contributed by atoms with Gasteiger partial charge in [-0.3, -0.25) is 19.0 Å². The zero-order valence-corrected chi connectivity index (χ0v) is 42.5. The number of nitrogens with one attached hydrogen (secondary N) is 1. The van der Waals surface area contributed by atoms with Crippen LogP contribution in [0.5, 0.6) is 5.88 Å². The Morgan fingerprint density at radius 3 is 2.14 bits per heavy atom. The largest absolute Gasteiger partial charge is 0.472 e. The first-order valence-electron chi connectivity index (χ1n) is 22.6. The number of rotatable bonds is 14. The van der Waals surface area contributed by atoms with Crippen LogP contribution < -0.4 is 10.1 Å². The summed E-state index contributed by atoms with van der Waals surface area (Å²) in [6, 6.07) is 14.7. The lowest BCUT2D eigenvalue weighted by Crippen LogP contribution is -2.50. The number of anilines is 1. The highest BCUT2D eigenvalue weighted by Gasteiger charge is 2.51. The van der Waals surface area contributed by atoms with Crippen molar-refractivity contribution in [2.24, 2.45) is 0 Å². The summed E-state index contributed by atoms with van der Waals surface area (Å²) in [6.45, 7) is 30.4. The maximum atomic E-state index is 13.1. The van der Waals surface area contributed by atoms with E-state index in [-0.39, 0.29) is 40.7 Å². The van der Waals surface area contributed by atoms with Crippen LogP contribution in [-0.4, -0.2) is 91.7 Å². The van der Waals surface area contributed by atoms with Crippen molar-refractivity contribution < 1.29 is 46.9 Å². The molecule has 1 fully saturated rings. The van der Waals surface area contributed by atoms with Crippen LogP contribution in [0.1, 0.15) is 98.2 Å². The number of hydrogen-bond donors (Lipinski definition) is 1. The van der Waals surface area contributed by atoms with E-state index in [0.717, 1.165) is 21.5 Å². The standard InChI is InChI=1S/C49H65N5O10Si2/c1-15-24-58-46-41-45(54(27-50-41)37-25-35(64-66(13,14)49(8,9)10)36(63-37)26-59-65(11,12)48(5,6)7)52-47(53-46)51-40-39-34(23-22-32-21-20-31-18-16-17-19-33(31)38(32)39)42(60-28(2)55)44(62-30(4)57)43(40)61-29(3)56/h15-23,27,35-37,40,42-44H,1,24-26H2,2-14H3,(H,51,52,53)/t35-,36+,37+,40-,42-,43+,44+/m0/s1. The molecule has 15 nitrogen and oxygen atoms in total. The van der Waals surface area contributed by atoms with Crippen molar-refractivity contribution in [2.45, 2.75) is 148 Å². The van der Waals surface area contributed by atoms with Gasteiger partial charge < -0.3 is 37.9 Å². The molecule has 0 spiro atoms. The summed E-state index contributed by atoms with van der Waals surface area (Å²) < 4.78 is 46.9. The van der Waals surface area contributed by atoms with E-state index in [1.807, 2.05) is 53.1 Å². The molecule has 0 unspecified atom stereocenters. The molecule has 354 valence electrons. The number of carbonyl (C=O) groups excluding carboxylic acids is 3. The van der Waals surface area contributed by atoms with Gasteiger partial charge in [-0.15, -0.1) is 0 Å². The van der Waals surface area contributed by atoms with Gasteiger partial charge in [-0.2, -0.15) is 9.97 Å². The maximum Gasteiger partial charge on any atom is 0.303 e. The van der Waals surface area contributed by atoms with Crippen LogP contribution in [0.4, 0.5) is 5.95 Å². The van der Waals surface area contributed by atoms with E-state index in [4.69, 9.17) is 47.5 Å². The Morgan fingerprint density at radius 1 is 0.848 bits per heavy atom. The van der Waals surface area contributed by atoms with E-state index < -0.39 is 65.1 Å². The van der Waals surface area contributed by atoms with E-state index in [0.29, 0.717) is 35.3 Å². The fourth-order valence-electron chi connectivity index (χ4n) is 8.29. The predicted octanol–water partition coefficient (Wildman–Crippen LogP) is 10.0. The molecule has 0 radical (unpaired) electrons.